The topological polar surface area (TPSA) is 90.0 Å². The van der Waals surface area contributed by atoms with Crippen LogP contribution in [0.4, 0.5) is 11.5 Å². The SMILES string of the molecule is Cc1ccc(NS(=O)(=O)c2c(N)ncn2C)cc1C. The maximum absolute atomic E-state index is 12.2. The summed E-state index contributed by atoms with van der Waals surface area (Å²) in [5, 5.41) is -0.0364. The van der Waals surface area contributed by atoms with E-state index in [1.54, 1.807) is 19.2 Å². The van der Waals surface area contributed by atoms with Gasteiger partial charge in [0.25, 0.3) is 10.0 Å². The molecule has 0 aliphatic carbocycles. The number of imidazole rings is 1. The van der Waals surface area contributed by atoms with Crippen molar-refractivity contribution < 1.29 is 8.42 Å². The van der Waals surface area contributed by atoms with E-state index in [4.69, 9.17) is 5.73 Å². The minimum Gasteiger partial charge on any atom is -0.381 e. The van der Waals surface area contributed by atoms with Gasteiger partial charge in [-0.15, -0.1) is 0 Å². The number of anilines is 2. The number of nitrogens with zero attached hydrogens (tertiary/aromatic N) is 2. The Morgan fingerprint density at radius 3 is 2.47 bits per heavy atom. The second-order valence-electron chi connectivity index (χ2n) is 4.45. The molecule has 0 amide bonds. The first kappa shape index (κ1) is 13.4. The van der Waals surface area contributed by atoms with Gasteiger partial charge in [-0.2, -0.15) is 8.42 Å². The standard InChI is InChI=1S/C12H16N4O2S/c1-8-4-5-10(6-9(8)2)15-19(17,18)12-11(13)14-7-16(12)3/h4-7,15H,13H2,1-3H3. The molecule has 0 aliphatic rings. The predicted octanol–water partition coefficient (Wildman–Crippen LogP) is 1.42. The Kier molecular flexibility index (Phi) is 3.23. The monoisotopic (exact) mass is 280 g/mol. The summed E-state index contributed by atoms with van der Waals surface area (Å²) in [6.07, 6.45) is 1.37. The highest BCUT2D eigenvalue weighted by Crippen LogP contribution is 2.21. The molecule has 2 aromatic rings. The predicted molar refractivity (Wildman–Crippen MR) is 74.3 cm³/mol. The lowest BCUT2D eigenvalue weighted by Crippen LogP contribution is -2.17. The van der Waals surface area contributed by atoms with E-state index in [2.05, 4.69) is 9.71 Å². The summed E-state index contributed by atoms with van der Waals surface area (Å²) in [6, 6.07) is 5.35. The fraction of sp³-hybridized carbons (Fsp3) is 0.250. The number of benzene rings is 1. The molecule has 0 atom stereocenters. The Hall–Kier alpha value is -2.02. The first-order chi connectivity index (χ1) is 8.81. The molecule has 7 heteroatoms. The van der Waals surface area contributed by atoms with Crippen LogP contribution in [-0.4, -0.2) is 18.0 Å². The third-order valence-corrected chi connectivity index (χ3v) is 4.43. The molecule has 1 aromatic carbocycles. The molecule has 0 aliphatic heterocycles. The number of sulfonamides is 1. The lowest BCUT2D eigenvalue weighted by molar-refractivity contribution is 0.592. The number of hydrogen-bond donors (Lipinski definition) is 2. The van der Waals surface area contributed by atoms with Crippen molar-refractivity contribution >= 4 is 21.5 Å². The first-order valence-corrected chi connectivity index (χ1v) is 7.16. The van der Waals surface area contributed by atoms with Crippen molar-refractivity contribution in [3.63, 3.8) is 0 Å². The van der Waals surface area contributed by atoms with Crippen molar-refractivity contribution in [2.75, 3.05) is 10.5 Å². The molecule has 2 rings (SSSR count). The second kappa shape index (κ2) is 4.58. The number of rotatable bonds is 3. The number of aryl methyl sites for hydroxylation is 3. The van der Waals surface area contributed by atoms with Crippen LogP contribution in [0.25, 0.3) is 0 Å². The number of hydrogen-bond acceptors (Lipinski definition) is 4. The Morgan fingerprint density at radius 1 is 1.26 bits per heavy atom. The van der Waals surface area contributed by atoms with E-state index in [0.717, 1.165) is 11.1 Å². The molecular formula is C12H16N4O2S. The summed E-state index contributed by atoms with van der Waals surface area (Å²) < 4.78 is 28.4. The summed E-state index contributed by atoms with van der Waals surface area (Å²) >= 11 is 0. The molecule has 0 saturated carbocycles. The maximum atomic E-state index is 12.2. The summed E-state index contributed by atoms with van der Waals surface area (Å²) in [7, 11) is -2.15. The van der Waals surface area contributed by atoms with E-state index >= 15 is 0 Å². The van der Waals surface area contributed by atoms with Crippen LogP contribution in [0.2, 0.25) is 0 Å². The summed E-state index contributed by atoms with van der Waals surface area (Å²) in [4.78, 5) is 3.78. The Bertz CT molecular complexity index is 700. The van der Waals surface area contributed by atoms with Gasteiger partial charge < -0.3 is 10.3 Å². The van der Waals surface area contributed by atoms with Crippen molar-refractivity contribution in [3.8, 4) is 0 Å². The van der Waals surface area contributed by atoms with Gasteiger partial charge in [0.15, 0.2) is 10.8 Å². The first-order valence-electron chi connectivity index (χ1n) is 5.68. The van der Waals surface area contributed by atoms with Crippen LogP contribution in [0.5, 0.6) is 0 Å². The van der Waals surface area contributed by atoms with E-state index in [1.165, 1.54) is 10.9 Å². The number of aromatic nitrogens is 2. The maximum Gasteiger partial charge on any atom is 0.281 e. The molecule has 19 heavy (non-hydrogen) atoms. The fourth-order valence-electron chi connectivity index (χ4n) is 1.77. The van der Waals surface area contributed by atoms with Crippen molar-refractivity contribution in [1.29, 1.82) is 0 Å². The number of nitrogen functional groups attached to an aromatic ring is 1. The molecule has 0 saturated heterocycles. The van der Waals surface area contributed by atoms with Gasteiger partial charge in [-0.25, -0.2) is 4.98 Å². The lowest BCUT2D eigenvalue weighted by atomic mass is 10.1. The average molecular weight is 280 g/mol. The highest BCUT2D eigenvalue weighted by atomic mass is 32.2. The molecule has 3 N–H and O–H groups in total. The zero-order valence-electron chi connectivity index (χ0n) is 11.0. The molecule has 0 fully saturated rings. The van der Waals surface area contributed by atoms with Crippen molar-refractivity contribution in [2.24, 2.45) is 7.05 Å². The van der Waals surface area contributed by atoms with Crippen molar-refractivity contribution in [2.45, 2.75) is 18.9 Å². The minimum absolute atomic E-state index is 0.0150. The van der Waals surface area contributed by atoms with Crippen molar-refractivity contribution in [3.05, 3.63) is 35.7 Å². The van der Waals surface area contributed by atoms with Gasteiger partial charge >= 0.3 is 0 Å². The summed E-state index contributed by atoms with van der Waals surface area (Å²) in [6.45, 7) is 3.89. The average Bonchev–Trinajstić information content (AvgIpc) is 2.64. The van der Waals surface area contributed by atoms with Crippen LogP contribution in [0.3, 0.4) is 0 Å². The van der Waals surface area contributed by atoms with Gasteiger partial charge in [0.1, 0.15) is 0 Å². The van der Waals surface area contributed by atoms with Crippen LogP contribution in [0.1, 0.15) is 11.1 Å². The van der Waals surface area contributed by atoms with Crippen LogP contribution < -0.4 is 10.5 Å². The molecule has 1 heterocycles. The molecule has 6 nitrogen and oxygen atoms in total. The molecule has 0 bridgehead atoms. The third kappa shape index (κ3) is 2.55. The Labute approximate surface area is 112 Å². The largest absolute Gasteiger partial charge is 0.381 e. The van der Waals surface area contributed by atoms with Crippen LogP contribution >= 0.6 is 0 Å². The van der Waals surface area contributed by atoms with Gasteiger partial charge in [-0.3, -0.25) is 4.72 Å². The number of nitrogens with one attached hydrogen (secondary N) is 1. The molecule has 102 valence electrons. The molecule has 0 unspecified atom stereocenters. The lowest BCUT2D eigenvalue weighted by Gasteiger charge is -2.10. The highest BCUT2D eigenvalue weighted by molar-refractivity contribution is 7.92. The highest BCUT2D eigenvalue weighted by Gasteiger charge is 2.22. The van der Waals surface area contributed by atoms with E-state index in [0.29, 0.717) is 5.69 Å². The molecule has 0 spiro atoms. The van der Waals surface area contributed by atoms with Gasteiger partial charge in [-0.1, -0.05) is 6.07 Å². The zero-order valence-corrected chi connectivity index (χ0v) is 11.8. The smallest absolute Gasteiger partial charge is 0.281 e. The number of nitrogens with two attached hydrogens (primary N) is 1. The second-order valence-corrected chi connectivity index (χ2v) is 6.05. The van der Waals surface area contributed by atoms with E-state index in [1.807, 2.05) is 19.9 Å². The molecule has 0 radical (unpaired) electrons. The van der Waals surface area contributed by atoms with Crippen LogP contribution in [-0.2, 0) is 17.1 Å². The van der Waals surface area contributed by atoms with Crippen LogP contribution in [0, 0.1) is 13.8 Å². The Morgan fingerprint density at radius 2 is 1.95 bits per heavy atom. The van der Waals surface area contributed by atoms with Gasteiger partial charge in [0, 0.05) is 12.7 Å². The van der Waals surface area contributed by atoms with Gasteiger partial charge in [-0.05, 0) is 37.1 Å². The third-order valence-electron chi connectivity index (χ3n) is 2.92. The molecule has 1 aromatic heterocycles. The Balaban J connectivity index is 2.39. The van der Waals surface area contributed by atoms with E-state index in [-0.39, 0.29) is 10.8 Å². The zero-order chi connectivity index (χ0) is 14.2. The summed E-state index contributed by atoms with van der Waals surface area (Å²) in [5.74, 6) is -0.0150. The molecular weight excluding hydrogens is 264 g/mol. The summed E-state index contributed by atoms with van der Waals surface area (Å²) in [5.41, 5.74) is 8.20. The minimum atomic E-state index is -3.74. The van der Waals surface area contributed by atoms with Crippen molar-refractivity contribution in [1.82, 2.24) is 9.55 Å². The normalized spacial score (nSPS) is 11.5. The van der Waals surface area contributed by atoms with E-state index in [9.17, 15) is 8.42 Å². The van der Waals surface area contributed by atoms with Crippen LogP contribution in [0.15, 0.2) is 29.6 Å². The van der Waals surface area contributed by atoms with Gasteiger partial charge in [0.05, 0.1) is 6.33 Å². The fourth-order valence-corrected chi connectivity index (χ4v) is 3.06. The quantitative estimate of drug-likeness (QED) is 0.889. The van der Waals surface area contributed by atoms with Gasteiger partial charge in [0.2, 0.25) is 0 Å². The van der Waals surface area contributed by atoms with E-state index < -0.39 is 10.0 Å².